The Morgan fingerprint density at radius 3 is 2.33 bits per heavy atom. The van der Waals surface area contributed by atoms with Gasteiger partial charge in [0.1, 0.15) is 0 Å². The van der Waals surface area contributed by atoms with Crippen molar-refractivity contribution in [1.29, 1.82) is 0 Å². The average Bonchev–Trinajstić information content (AvgIpc) is 2.86. The number of primary amides is 1. The van der Waals surface area contributed by atoms with Crippen LogP contribution in [-0.4, -0.2) is 16.9 Å². The number of amides is 2. The molecule has 4 N–H and O–H groups in total. The number of carbonyl (C=O) groups is 2. The molecule has 0 saturated carbocycles. The van der Waals surface area contributed by atoms with Gasteiger partial charge in [-0.25, -0.2) is 0 Å². The number of carbonyl (C=O) groups excluding carboxylic acids is 2. The molecule has 0 spiro atoms. The molecule has 0 saturated heterocycles. The maximum atomic E-state index is 11.8. The van der Waals surface area contributed by atoms with Crippen LogP contribution < -0.4 is 16.4 Å². The highest BCUT2D eigenvalue weighted by atomic mass is 79.9. The number of thiocarbonyl (C=S) groups is 1. The van der Waals surface area contributed by atoms with Gasteiger partial charge < -0.3 is 15.5 Å². The van der Waals surface area contributed by atoms with Gasteiger partial charge in [-0.05, 0) is 64.5 Å². The molecule has 1 aromatic heterocycles. The lowest BCUT2D eigenvalue weighted by Gasteiger charge is -2.08. The largest absolute Gasteiger partial charge is 0.444 e. The van der Waals surface area contributed by atoms with E-state index in [1.165, 1.54) is 6.07 Å². The Morgan fingerprint density at radius 1 is 1.14 bits per heavy atom. The summed E-state index contributed by atoms with van der Waals surface area (Å²) in [6.07, 6.45) is 0. The minimum Gasteiger partial charge on any atom is -0.444 e. The van der Waals surface area contributed by atoms with E-state index in [4.69, 9.17) is 22.4 Å². The van der Waals surface area contributed by atoms with Crippen LogP contribution in [0.2, 0.25) is 0 Å². The second kappa shape index (κ2) is 6.51. The van der Waals surface area contributed by atoms with Gasteiger partial charge in [-0.2, -0.15) is 0 Å². The van der Waals surface area contributed by atoms with Gasteiger partial charge in [-0.3, -0.25) is 14.9 Å². The summed E-state index contributed by atoms with van der Waals surface area (Å²) in [5.41, 5.74) is 6.14. The lowest BCUT2D eigenvalue weighted by atomic mass is 10.2. The predicted octanol–water partition coefficient (Wildman–Crippen LogP) is 2.27. The third kappa shape index (κ3) is 4.14. The third-order valence-electron chi connectivity index (χ3n) is 2.45. The molecule has 21 heavy (non-hydrogen) atoms. The first-order chi connectivity index (χ1) is 9.95. The monoisotopic (exact) mass is 367 g/mol. The van der Waals surface area contributed by atoms with Gasteiger partial charge in [-0.15, -0.1) is 0 Å². The summed E-state index contributed by atoms with van der Waals surface area (Å²) in [5, 5.41) is 5.39. The van der Waals surface area contributed by atoms with Crippen molar-refractivity contribution in [3.63, 3.8) is 0 Å². The molecular formula is C13H10BrN3O3S. The quantitative estimate of drug-likeness (QED) is 0.722. The average molecular weight is 368 g/mol. The fourth-order valence-corrected chi connectivity index (χ4v) is 2.00. The zero-order valence-electron chi connectivity index (χ0n) is 10.6. The molecule has 2 amide bonds. The molecule has 0 fully saturated rings. The van der Waals surface area contributed by atoms with Crippen molar-refractivity contribution in [2.45, 2.75) is 0 Å². The minimum atomic E-state index is -0.513. The summed E-state index contributed by atoms with van der Waals surface area (Å²) < 4.78 is 5.56. The molecule has 0 aliphatic carbocycles. The van der Waals surface area contributed by atoms with E-state index in [2.05, 4.69) is 26.6 Å². The van der Waals surface area contributed by atoms with Crippen LogP contribution in [0.15, 0.2) is 45.5 Å². The van der Waals surface area contributed by atoms with Gasteiger partial charge in [0.25, 0.3) is 5.91 Å². The molecule has 0 bridgehead atoms. The van der Waals surface area contributed by atoms with E-state index < -0.39 is 11.8 Å². The van der Waals surface area contributed by atoms with E-state index in [1.54, 1.807) is 30.3 Å². The van der Waals surface area contributed by atoms with E-state index >= 15 is 0 Å². The zero-order valence-corrected chi connectivity index (χ0v) is 13.0. The van der Waals surface area contributed by atoms with Crippen molar-refractivity contribution in [3.05, 3.63) is 52.4 Å². The Morgan fingerprint density at radius 2 is 1.81 bits per heavy atom. The van der Waals surface area contributed by atoms with Gasteiger partial charge in [0, 0.05) is 11.3 Å². The summed E-state index contributed by atoms with van der Waals surface area (Å²) in [5.74, 6) is -0.845. The summed E-state index contributed by atoms with van der Waals surface area (Å²) >= 11 is 8.12. The van der Waals surface area contributed by atoms with E-state index in [0.717, 1.165) is 0 Å². The van der Waals surface area contributed by atoms with Crippen LogP contribution in [0.1, 0.15) is 20.9 Å². The van der Waals surface area contributed by atoms with E-state index in [9.17, 15) is 9.59 Å². The molecule has 1 heterocycles. The van der Waals surface area contributed by atoms with Crippen LogP contribution in [0.4, 0.5) is 5.69 Å². The Balaban J connectivity index is 1.95. The van der Waals surface area contributed by atoms with Gasteiger partial charge in [0.05, 0.1) is 0 Å². The summed E-state index contributed by atoms with van der Waals surface area (Å²) in [7, 11) is 0. The summed E-state index contributed by atoms with van der Waals surface area (Å²) in [6.45, 7) is 0. The molecule has 108 valence electrons. The Bertz CT molecular complexity index is 697. The number of hydrogen-bond acceptors (Lipinski definition) is 4. The van der Waals surface area contributed by atoms with Crippen molar-refractivity contribution >= 4 is 50.8 Å². The summed E-state index contributed by atoms with van der Waals surface area (Å²) in [6, 6.07) is 9.49. The fraction of sp³-hybridized carbons (Fsp3) is 0. The van der Waals surface area contributed by atoms with Crippen molar-refractivity contribution in [2.75, 3.05) is 5.32 Å². The smallest absolute Gasteiger partial charge is 0.293 e. The number of rotatable bonds is 3. The van der Waals surface area contributed by atoms with E-state index in [1.807, 2.05) is 0 Å². The lowest BCUT2D eigenvalue weighted by molar-refractivity contribution is 0.0948. The maximum absolute atomic E-state index is 11.8. The SMILES string of the molecule is NC(=O)c1ccc(NC(=S)NC(=O)c2ccc(Br)o2)cc1. The van der Waals surface area contributed by atoms with Crippen LogP contribution in [0, 0.1) is 0 Å². The first-order valence-electron chi connectivity index (χ1n) is 5.73. The second-order valence-electron chi connectivity index (χ2n) is 3.95. The van der Waals surface area contributed by atoms with Crippen molar-refractivity contribution < 1.29 is 14.0 Å². The topological polar surface area (TPSA) is 97.4 Å². The standard InChI is InChI=1S/C13H10BrN3O3S/c14-10-6-5-9(20-10)12(19)17-13(21)16-8-3-1-7(2-4-8)11(15)18/h1-6H,(H2,15,18)(H2,16,17,19,21). The molecule has 1 aromatic carbocycles. The third-order valence-corrected chi connectivity index (χ3v) is 3.08. The van der Waals surface area contributed by atoms with Crippen LogP contribution in [0.25, 0.3) is 0 Å². The zero-order chi connectivity index (χ0) is 15.4. The number of anilines is 1. The van der Waals surface area contributed by atoms with Crippen molar-refractivity contribution in [3.8, 4) is 0 Å². The number of halogens is 1. The molecule has 0 radical (unpaired) electrons. The number of furan rings is 1. The molecular weight excluding hydrogens is 358 g/mol. The highest BCUT2D eigenvalue weighted by Gasteiger charge is 2.12. The maximum Gasteiger partial charge on any atom is 0.293 e. The van der Waals surface area contributed by atoms with E-state index in [-0.39, 0.29) is 10.9 Å². The second-order valence-corrected chi connectivity index (χ2v) is 5.14. The van der Waals surface area contributed by atoms with Gasteiger partial charge in [-0.1, -0.05) is 0 Å². The fourth-order valence-electron chi connectivity index (χ4n) is 1.48. The Kier molecular flexibility index (Phi) is 4.71. The first-order valence-corrected chi connectivity index (χ1v) is 6.93. The highest BCUT2D eigenvalue weighted by molar-refractivity contribution is 9.10. The molecule has 2 rings (SSSR count). The van der Waals surface area contributed by atoms with Gasteiger partial charge >= 0.3 is 0 Å². The minimum absolute atomic E-state index is 0.111. The van der Waals surface area contributed by atoms with Crippen LogP contribution >= 0.6 is 28.1 Å². The van der Waals surface area contributed by atoms with Crippen molar-refractivity contribution in [1.82, 2.24) is 5.32 Å². The molecule has 0 aliphatic heterocycles. The number of nitrogens with two attached hydrogens (primary N) is 1. The molecule has 0 unspecified atom stereocenters. The van der Waals surface area contributed by atoms with Crippen molar-refractivity contribution in [2.24, 2.45) is 5.73 Å². The van der Waals surface area contributed by atoms with Crippen LogP contribution in [0.5, 0.6) is 0 Å². The first kappa shape index (κ1) is 15.2. The molecule has 8 heteroatoms. The molecule has 0 aliphatic rings. The normalized spacial score (nSPS) is 9.95. The Labute approximate surface area is 133 Å². The molecule has 0 atom stereocenters. The molecule has 2 aromatic rings. The van der Waals surface area contributed by atoms with E-state index in [0.29, 0.717) is 15.9 Å². The van der Waals surface area contributed by atoms with Gasteiger partial charge in [0.15, 0.2) is 15.5 Å². The van der Waals surface area contributed by atoms with Crippen LogP contribution in [0.3, 0.4) is 0 Å². The predicted molar refractivity (Wildman–Crippen MR) is 85.1 cm³/mol. The number of nitrogens with one attached hydrogen (secondary N) is 2. The lowest BCUT2D eigenvalue weighted by Crippen LogP contribution is -2.33. The van der Waals surface area contributed by atoms with Crippen LogP contribution in [-0.2, 0) is 0 Å². The summed E-state index contributed by atoms with van der Waals surface area (Å²) in [4.78, 5) is 22.7. The number of hydrogen-bond donors (Lipinski definition) is 3. The number of benzene rings is 1. The molecule has 6 nitrogen and oxygen atoms in total. The Hall–Kier alpha value is -2.19. The highest BCUT2D eigenvalue weighted by Crippen LogP contribution is 2.14. The van der Waals surface area contributed by atoms with Gasteiger partial charge in [0.2, 0.25) is 5.91 Å².